The first-order chi connectivity index (χ1) is 10.2. The molecule has 1 aromatic heterocycles. The number of non-ortho nitro benzene ring substituents is 1. The maximum atomic E-state index is 10.6. The van der Waals surface area contributed by atoms with Gasteiger partial charge in [-0.05, 0) is 12.1 Å². The van der Waals surface area contributed by atoms with Gasteiger partial charge in [-0.1, -0.05) is 53.4 Å². The van der Waals surface area contributed by atoms with Crippen LogP contribution in [0.15, 0.2) is 63.8 Å². The molecule has 0 N–H and O–H groups in total. The second kappa shape index (κ2) is 6.02. The third-order valence-corrected chi connectivity index (χ3v) is 4.71. The van der Waals surface area contributed by atoms with Crippen LogP contribution in [-0.4, -0.2) is 15.1 Å². The summed E-state index contributed by atoms with van der Waals surface area (Å²) in [5, 5.41) is 19.8. The van der Waals surface area contributed by atoms with Crippen molar-refractivity contribution in [3.05, 3.63) is 64.7 Å². The molecular formula is C14H9N3O2S2. The summed E-state index contributed by atoms with van der Waals surface area (Å²) in [4.78, 5) is 11.1. The number of nitro groups is 1. The van der Waals surface area contributed by atoms with Gasteiger partial charge < -0.3 is 0 Å². The zero-order valence-electron chi connectivity index (χ0n) is 10.7. The standard InChI is InChI=1S/C14H9N3O2S2/c18-17(19)11-6-8-12(9-7-11)20-14-16-15-13(21-14)10-4-2-1-3-5-10/h1-9H. The number of aromatic nitrogens is 2. The molecule has 2 aromatic carbocycles. The van der Waals surface area contributed by atoms with Crippen molar-refractivity contribution in [1.82, 2.24) is 10.2 Å². The van der Waals surface area contributed by atoms with Crippen LogP contribution in [0.3, 0.4) is 0 Å². The van der Waals surface area contributed by atoms with Gasteiger partial charge in [0.1, 0.15) is 5.01 Å². The van der Waals surface area contributed by atoms with Crippen LogP contribution >= 0.6 is 23.1 Å². The number of nitrogens with zero attached hydrogens (tertiary/aromatic N) is 3. The normalized spacial score (nSPS) is 10.5. The van der Waals surface area contributed by atoms with Crippen molar-refractivity contribution in [3.8, 4) is 10.6 Å². The van der Waals surface area contributed by atoms with Crippen molar-refractivity contribution in [1.29, 1.82) is 0 Å². The molecule has 0 amide bonds. The quantitative estimate of drug-likeness (QED) is 0.531. The van der Waals surface area contributed by atoms with Crippen LogP contribution in [0.1, 0.15) is 0 Å². The van der Waals surface area contributed by atoms with Crippen LogP contribution in [0.2, 0.25) is 0 Å². The van der Waals surface area contributed by atoms with E-state index in [-0.39, 0.29) is 5.69 Å². The minimum Gasteiger partial charge on any atom is -0.258 e. The van der Waals surface area contributed by atoms with Crippen molar-refractivity contribution in [2.24, 2.45) is 0 Å². The Balaban J connectivity index is 1.77. The van der Waals surface area contributed by atoms with Crippen molar-refractivity contribution in [2.75, 3.05) is 0 Å². The van der Waals surface area contributed by atoms with Gasteiger partial charge in [0.15, 0.2) is 4.34 Å². The second-order valence-corrected chi connectivity index (χ2v) is 6.39. The van der Waals surface area contributed by atoms with Crippen LogP contribution < -0.4 is 0 Å². The predicted octanol–water partition coefficient (Wildman–Crippen LogP) is 4.26. The van der Waals surface area contributed by atoms with Crippen molar-refractivity contribution < 1.29 is 4.92 Å². The molecule has 0 saturated carbocycles. The molecule has 0 aliphatic rings. The first kappa shape index (κ1) is 13.7. The van der Waals surface area contributed by atoms with E-state index in [2.05, 4.69) is 10.2 Å². The van der Waals surface area contributed by atoms with Gasteiger partial charge in [-0.2, -0.15) is 0 Å². The summed E-state index contributed by atoms with van der Waals surface area (Å²) in [6, 6.07) is 16.3. The molecule has 1 heterocycles. The Morgan fingerprint density at radius 1 is 1.00 bits per heavy atom. The molecule has 0 fully saturated rings. The average Bonchev–Trinajstić information content (AvgIpc) is 2.97. The van der Waals surface area contributed by atoms with Crippen LogP contribution in [0.5, 0.6) is 0 Å². The lowest BCUT2D eigenvalue weighted by Crippen LogP contribution is -1.86. The van der Waals surface area contributed by atoms with Crippen LogP contribution in [0.4, 0.5) is 5.69 Å². The van der Waals surface area contributed by atoms with Gasteiger partial charge in [0, 0.05) is 22.6 Å². The van der Waals surface area contributed by atoms with E-state index in [0.29, 0.717) is 0 Å². The molecule has 0 bridgehead atoms. The zero-order chi connectivity index (χ0) is 14.7. The van der Waals surface area contributed by atoms with Gasteiger partial charge in [0.25, 0.3) is 5.69 Å². The van der Waals surface area contributed by atoms with Crippen LogP contribution in [-0.2, 0) is 0 Å². The van der Waals surface area contributed by atoms with Crippen molar-refractivity contribution >= 4 is 28.8 Å². The highest BCUT2D eigenvalue weighted by Crippen LogP contribution is 2.34. The Labute approximate surface area is 128 Å². The number of hydrogen-bond donors (Lipinski definition) is 0. The fourth-order valence-corrected chi connectivity index (χ4v) is 3.52. The molecule has 104 valence electrons. The number of nitro benzene ring substituents is 1. The highest BCUT2D eigenvalue weighted by molar-refractivity contribution is 8.01. The van der Waals surface area contributed by atoms with E-state index in [1.807, 2.05) is 30.3 Å². The van der Waals surface area contributed by atoms with E-state index in [9.17, 15) is 10.1 Å². The molecule has 21 heavy (non-hydrogen) atoms. The Kier molecular flexibility index (Phi) is 3.94. The van der Waals surface area contributed by atoms with E-state index >= 15 is 0 Å². The second-order valence-electron chi connectivity index (χ2n) is 4.09. The molecule has 0 radical (unpaired) electrons. The third kappa shape index (κ3) is 3.26. The van der Waals surface area contributed by atoms with Gasteiger partial charge in [0.05, 0.1) is 4.92 Å². The van der Waals surface area contributed by atoms with Gasteiger partial charge in [-0.25, -0.2) is 0 Å². The molecular weight excluding hydrogens is 306 g/mol. The van der Waals surface area contributed by atoms with Crippen molar-refractivity contribution in [2.45, 2.75) is 9.24 Å². The van der Waals surface area contributed by atoms with Gasteiger partial charge in [-0.15, -0.1) is 10.2 Å². The molecule has 0 unspecified atom stereocenters. The van der Waals surface area contributed by atoms with Crippen LogP contribution in [0, 0.1) is 10.1 Å². The average molecular weight is 315 g/mol. The lowest BCUT2D eigenvalue weighted by Gasteiger charge is -1.96. The number of benzene rings is 2. The minimum atomic E-state index is -0.410. The summed E-state index contributed by atoms with van der Waals surface area (Å²) in [5.74, 6) is 0. The summed E-state index contributed by atoms with van der Waals surface area (Å²) in [6.07, 6.45) is 0. The topological polar surface area (TPSA) is 68.9 Å². The molecule has 0 spiro atoms. The molecule has 3 aromatic rings. The molecule has 0 atom stereocenters. The molecule has 3 rings (SSSR count). The van der Waals surface area contributed by atoms with E-state index < -0.39 is 4.92 Å². The van der Waals surface area contributed by atoms with Gasteiger partial charge >= 0.3 is 0 Å². The van der Waals surface area contributed by atoms with Crippen molar-refractivity contribution in [3.63, 3.8) is 0 Å². The Morgan fingerprint density at radius 2 is 1.71 bits per heavy atom. The zero-order valence-corrected chi connectivity index (χ0v) is 12.3. The molecule has 7 heteroatoms. The fourth-order valence-electron chi connectivity index (χ4n) is 1.69. The predicted molar refractivity (Wildman–Crippen MR) is 82.6 cm³/mol. The summed E-state index contributed by atoms with van der Waals surface area (Å²) in [6.45, 7) is 0. The molecule has 0 aliphatic carbocycles. The lowest BCUT2D eigenvalue weighted by atomic mass is 10.2. The molecule has 0 aliphatic heterocycles. The molecule has 0 saturated heterocycles. The summed E-state index contributed by atoms with van der Waals surface area (Å²) in [7, 11) is 0. The first-order valence-electron chi connectivity index (χ1n) is 6.03. The number of hydrogen-bond acceptors (Lipinski definition) is 6. The Bertz CT molecular complexity index is 757. The van der Waals surface area contributed by atoms with Crippen LogP contribution in [0.25, 0.3) is 10.6 Å². The van der Waals surface area contributed by atoms with E-state index in [0.717, 1.165) is 19.8 Å². The third-order valence-electron chi connectivity index (χ3n) is 2.68. The van der Waals surface area contributed by atoms with E-state index in [4.69, 9.17) is 0 Å². The van der Waals surface area contributed by atoms with E-state index in [1.165, 1.54) is 35.2 Å². The molecule has 5 nitrogen and oxygen atoms in total. The van der Waals surface area contributed by atoms with Gasteiger partial charge in [-0.3, -0.25) is 10.1 Å². The largest absolute Gasteiger partial charge is 0.269 e. The number of rotatable bonds is 4. The summed E-state index contributed by atoms with van der Waals surface area (Å²) >= 11 is 2.94. The smallest absolute Gasteiger partial charge is 0.258 e. The lowest BCUT2D eigenvalue weighted by molar-refractivity contribution is -0.384. The highest BCUT2D eigenvalue weighted by atomic mass is 32.2. The first-order valence-corrected chi connectivity index (χ1v) is 7.67. The monoisotopic (exact) mass is 315 g/mol. The summed E-state index contributed by atoms with van der Waals surface area (Å²) in [5.41, 5.74) is 1.12. The highest BCUT2D eigenvalue weighted by Gasteiger charge is 2.09. The van der Waals surface area contributed by atoms with E-state index in [1.54, 1.807) is 12.1 Å². The SMILES string of the molecule is O=[N+]([O-])c1ccc(Sc2nnc(-c3ccccc3)s2)cc1. The maximum Gasteiger partial charge on any atom is 0.269 e. The maximum absolute atomic E-state index is 10.6. The fraction of sp³-hybridized carbons (Fsp3) is 0. The Hall–Kier alpha value is -2.25. The Morgan fingerprint density at radius 3 is 2.38 bits per heavy atom. The summed E-state index contributed by atoms with van der Waals surface area (Å²) < 4.78 is 0.808. The van der Waals surface area contributed by atoms with Gasteiger partial charge in [0.2, 0.25) is 0 Å². The minimum absolute atomic E-state index is 0.0848.